The van der Waals surface area contributed by atoms with Gasteiger partial charge in [-0.2, -0.15) is 0 Å². The molecule has 0 rings (SSSR count). The van der Waals surface area contributed by atoms with Gasteiger partial charge in [0, 0.05) is 19.3 Å². The van der Waals surface area contributed by atoms with Gasteiger partial charge in [-0.15, -0.1) is 0 Å². The van der Waals surface area contributed by atoms with Gasteiger partial charge in [-0.25, -0.2) is 0 Å². The minimum absolute atomic E-state index is 0.616. The fourth-order valence-corrected chi connectivity index (χ4v) is 6.46. The molecule has 0 heterocycles. The second kappa shape index (κ2) is 11.7. The Morgan fingerprint density at radius 2 is 1.30 bits per heavy atom. The predicted molar refractivity (Wildman–Crippen MR) is 90.0 cm³/mol. The summed E-state index contributed by atoms with van der Waals surface area (Å²) >= 11 is 0. The zero-order chi connectivity index (χ0) is 15.4. The molecule has 0 unspecified atom stereocenters. The lowest BCUT2D eigenvalue weighted by Gasteiger charge is -2.40. The zero-order valence-corrected chi connectivity index (χ0v) is 15.7. The highest BCUT2D eigenvalue weighted by atomic mass is 28.4. The highest BCUT2D eigenvalue weighted by molar-refractivity contribution is 6.64. The van der Waals surface area contributed by atoms with E-state index in [1.165, 1.54) is 25.7 Å². The number of nitrogens with zero attached hydrogens (tertiary/aromatic N) is 1. The normalized spacial score (nSPS) is 12.6. The van der Waals surface area contributed by atoms with E-state index >= 15 is 0 Å². The largest absolute Gasteiger partial charge is 0.428 e. The van der Waals surface area contributed by atoms with Gasteiger partial charge in [0.15, 0.2) is 0 Å². The molecule has 4 heteroatoms. The standard InChI is InChI=1S/C16H37NO2Si/c1-7-11-13-17(14-12-8-2)20(18-9-3,19-10-4)15-16(5)6/h16H,7-15H2,1-6H3. The van der Waals surface area contributed by atoms with Crippen molar-refractivity contribution in [1.29, 1.82) is 0 Å². The van der Waals surface area contributed by atoms with Crippen LogP contribution in [-0.4, -0.2) is 39.6 Å². The lowest BCUT2D eigenvalue weighted by atomic mass is 10.3. The van der Waals surface area contributed by atoms with E-state index in [0.29, 0.717) is 5.92 Å². The number of unbranched alkanes of at least 4 members (excludes halogenated alkanes) is 2. The van der Waals surface area contributed by atoms with Crippen LogP contribution < -0.4 is 0 Å². The predicted octanol–water partition coefficient (Wildman–Crippen LogP) is 4.56. The molecule has 0 aromatic carbocycles. The highest BCUT2D eigenvalue weighted by Gasteiger charge is 2.44. The molecule has 0 aliphatic heterocycles. The van der Waals surface area contributed by atoms with Crippen LogP contribution in [0, 0.1) is 5.92 Å². The van der Waals surface area contributed by atoms with E-state index in [1.54, 1.807) is 0 Å². The average Bonchev–Trinajstić information content (AvgIpc) is 2.38. The molecule has 0 aliphatic carbocycles. The van der Waals surface area contributed by atoms with Gasteiger partial charge in [-0.1, -0.05) is 40.5 Å². The molecule has 3 nitrogen and oxygen atoms in total. The van der Waals surface area contributed by atoms with Gasteiger partial charge < -0.3 is 8.85 Å². The fourth-order valence-electron chi connectivity index (χ4n) is 2.59. The molecule has 0 saturated heterocycles. The maximum absolute atomic E-state index is 6.28. The molecular weight excluding hydrogens is 266 g/mol. The van der Waals surface area contributed by atoms with Crippen molar-refractivity contribution in [2.45, 2.75) is 73.3 Å². The molecule has 0 atom stereocenters. The van der Waals surface area contributed by atoms with Gasteiger partial charge in [-0.3, -0.25) is 4.57 Å². The molecule has 0 N–H and O–H groups in total. The van der Waals surface area contributed by atoms with E-state index < -0.39 is 8.72 Å². The molecule has 20 heavy (non-hydrogen) atoms. The second-order valence-corrected chi connectivity index (χ2v) is 8.91. The van der Waals surface area contributed by atoms with Crippen LogP contribution >= 0.6 is 0 Å². The zero-order valence-electron chi connectivity index (χ0n) is 14.7. The summed E-state index contributed by atoms with van der Waals surface area (Å²) in [6, 6.07) is 1.07. The number of hydrogen-bond donors (Lipinski definition) is 0. The van der Waals surface area contributed by atoms with E-state index in [4.69, 9.17) is 8.85 Å². The van der Waals surface area contributed by atoms with E-state index in [9.17, 15) is 0 Å². The Morgan fingerprint density at radius 3 is 1.60 bits per heavy atom. The molecule has 0 aliphatic rings. The first-order chi connectivity index (χ1) is 9.56. The molecule has 0 saturated carbocycles. The summed E-state index contributed by atoms with van der Waals surface area (Å²) in [6.07, 6.45) is 4.92. The van der Waals surface area contributed by atoms with Gasteiger partial charge in [-0.05, 0) is 45.7 Å². The van der Waals surface area contributed by atoms with Gasteiger partial charge in [0.25, 0.3) is 0 Å². The number of hydrogen-bond acceptors (Lipinski definition) is 3. The summed E-state index contributed by atoms with van der Waals surface area (Å²) in [5, 5.41) is 0. The van der Waals surface area contributed by atoms with Crippen molar-refractivity contribution in [3.8, 4) is 0 Å². The van der Waals surface area contributed by atoms with Crippen LogP contribution in [0.25, 0.3) is 0 Å². The summed E-state index contributed by atoms with van der Waals surface area (Å²) in [5.41, 5.74) is 0. The van der Waals surface area contributed by atoms with Crippen molar-refractivity contribution in [1.82, 2.24) is 4.57 Å². The maximum Gasteiger partial charge on any atom is 0.428 e. The average molecular weight is 304 g/mol. The molecule has 0 bridgehead atoms. The van der Waals surface area contributed by atoms with Crippen molar-refractivity contribution >= 4 is 8.72 Å². The summed E-state index contributed by atoms with van der Waals surface area (Å²) in [4.78, 5) is 0. The quantitative estimate of drug-likeness (QED) is 0.466. The Balaban J connectivity index is 5.08. The lowest BCUT2D eigenvalue weighted by molar-refractivity contribution is 0.114. The molecule has 0 aromatic rings. The first-order valence-electron chi connectivity index (χ1n) is 8.59. The molecule has 0 amide bonds. The van der Waals surface area contributed by atoms with Crippen LogP contribution in [0.1, 0.15) is 67.2 Å². The Bertz CT molecular complexity index is 211. The van der Waals surface area contributed by atoms with Crippen LogP contribution in [0.15, 0.2) is 0 Å². The van der Waals surface area contributed by atoms with Gasteiger partial charge >= 0.3 is 8.72 Å². The Kier molecular flexibility index (Phi) is 11.8. The van der Waals surface area contributed by atoms with Crippen molar-refractivity contribution in [2.75, 3.05) is 26.3 Å². The van der Waals surface area contributed by atoms with Crippen molar-refractivity contribution < 1.29 is 8.85 Å². The number of rotatable bonds is 13. The summed E-state index contributed by atoms with van der Waals surface area (Å²) in [7, 11) is -2.23. The van der Waals surface area contributed by atoms with Crippen LogP contribution in [-0.2, 0) is 8.85 Å². The van der Waals surface area contributed by atoms with E-state index in [0.717, 1.165) is 32.3 Å². The lowest BCUT2D eigenvalue weighted by Crippen LogP contribution is -2.60. The fraction of sp³-hybridized carbons (Fsp3) is 1.00. The third-order valence-electron chi connectivity index (χ3n) is 3.45. The van der Waals surface area contributed by atoms with E-state index in [-0.39, 0.29) is 0 Å². The van der Waals surface area contributed by atoms with Gasteiger partial charge in [0.05, 0.1) is 0 Å². The van der Waals surface area contributed by atoms with Crippen molar-refractivity contribution in [3.05, 3.63) is 0 Å². The molecule has 122 valence electrons. The first kappa shape index (κ1) is 20.1. The van der Waals surface area contributed by atoms with Crippen molar-refractivity contribution in [3.63, 3.8) is 0 Å². The smallest absolute Gasteiger partial charge is 0.383 e. The maximum atomic E-state index is 6.28. The van der Waals surface area contributed by atoms with Crippen LogP contribution in [0.2, 0.25) is 6.04 Å². The Morgan fingerprint density at radius 1 is 0.850 bits per heavy atom. The first-order valence-corrected chi connectivity index (χ1v) is 10.6. The minimum atomic E-state index is -2.23. The van der Waals surface area contributed by atoms with Gasteiger partial charge in [0.1, 0.15) is 0 Å². The van der Waals surface area contributed by atoms with Crippen molar-refractivity contribution in [2.24, 2.45) is 5.92 Å². The van der Waals surface area contributed by atoms with E-state index in [1.807, 2.05) is 0 Å². The molecule has 0 spiro atoms. The highest BCUT2D eigenvalue weighted by Crippen LogP contribution is 2.25. The third kappa shape index (κ3) is 7.20. The summed E-state index contributed by atoms with van der Waals surface area (Å²) < 4.78 is 15.1. The molecule has 0 fully saturated rings. The molecule has 0 aromatic heterocycles. The monoisotopic (exact) mass is 303 g/mol. The third-order valence-corrected chi connectivity index (χ3v) is 7.67. The van der Waals surface area contributed by atoms with Crippen LogP contribution in [0.5, 0.6) is 0 Å². The SMILES string of the molecule is CCCCN(CCCC)[Si](CC(C)C)(OCC)OCC. The topological polar surface area (TPSA) is 21.7 Å². The summed E-state index contributed by atoms with van der Waals surface area (Å²) in [6.45, 7) is 17.0. The van der Waals surface area contributed by atoms with Crippen LogP contribution in [0.3, 0.4) is 0 Å². The van der Waals surface area contributed by atoms with Gasteiger partial charge in [0.2, 0.25) is 0 Å². The Hall–Kier alpha value is 0.0969. The summed E-state index contributed by atoms with van der Waals surface area (Å²) in [5.74, 6) is 0.616. The molecule has 0 radical (unpaired) electrons. The van der Waals surface area contributed by atoms with E-state index in [2.05, 4.69) is 46.1 Å². The second-order valence-electron chi connectivity index (χ2n) is 5.87. The van der Waals surface area contributed by atoms with Crippen LogP contribution in [0.4, 0.5) is 0 Å². The molecular formula is C16H37NO2Si. The Labute approximate surface area is 128 Å². The minimum Gasteiger partial charge on any atom is -0.383 e.